The molecular formula is C44H58ClN3O3. The third-order valence-electron chi connectivity index (χ3n) is 9.03. The van der Waals surface area contributed by atoms with Gasteiger partial charge in [-0.15, -0.1) is 0 Å². The van der Waals surface area contributed by atoms with Crippen molar-refractivity contribution in [1.82, 2.24) is 4.90 Å². The van der Waals surface area contributed by atoms with Crippen molar-refractivity contribution in [2.24, 2.45) is 11.8 Å². The Labute approximate surface area is 311 Å². The predicted octanol–water partition coefficient (Wildman–Crippen LogP) is 10.2. The maximum absolute atomic E-state index is 11.7. The smallest absolute Gasteiger partial charge is 0.226 e. The third kappa shape index (κ3) is 12.9. The van der Waals surface area contributed by atoms with Crippen molar-refractivity contribution >= 4 is 34.1 Å². The van der Waals surface area contributed by atoms with Gasteiger partial charge in [0, 0.05) is 36.4 Å². The van der Waals surface area contributed by atoms with Gasteiger partial charge >= 0.3 is 0 Å². The predicted molar refractivity (Wildman–Crippen MR) is 216 cm³/mol. The summed E-state index contributed by atoms with van der Waals surface area (Å²) in [5.74, 6) is 0.0487. The van der Waals surface area contributed by atoms with Gasteiger partial charge in [0.1, 0.15) is 0 Å². The SMILES string of the molecule is C1CCOC1.CC(C)C(=O)Cl.CC(C)C(=O)Nc1ccc2c(c1)Cc1ccccc1-2.CCN(CC)CC.Nc1ccc2c(c1)Cc1ccccc1-2. The Balaban J connectivity index is 0.000000191. The Morgan fingerprint density at radius 3 is 1.55 bits per heavy atom. The maximum atomic E-state index is 11.7. The molecule has 0 aromatic heterocycles. The minimum atomic E-state index is -0.269. The van der Waals surface area contributed by atoms with Gasteiger partial charge in [-0.05, 0) is 126 Å². The molecule has 0 spiro atoms. The molecule has 4 aromatic carbocycles. The van der Waals surface area contributed by atoms with Crippen LogP contribution in [0.25, 0.3) is 22.3 Å². The molecule has 1 heterocycles. The van der Waals surface area contributed by atoms with Crippen LogP contribution in [0.1, 0.15) is 83.6 Å². The van der Waals surface area contributed by atoms with Crippen molar-refractivity contribution in [2.75, 3.05) is 43.9 Å². The lowest BCUT2D eigenvalue weighted by Gasteiger charge is -2.13. The number of anilines is 2. The van der Waals surface area contributed by atoms with Crippen molar-refractivity contribution in [3.63, 3.8) is 0 Å². The molecule has 1 amide bonds. The van der Waals surface area contributed by atoms with Crippen molar-refractivity contribution in [2.45, 2.75) is 74.1 Å². The number of benzene rings is 4. The molecule has 274 valence electrons. The zero-order chi connectivity index (χ0) is 37.3. The van der Waals surface area contributed by atoms with E-state index < -0.39 is 0 Å². The van der Waals surface area contributed by atoms with E-state index in [-0.39, 0.29) is 23.0 Å². The van der Waals surface area contributed by atoms with E-state index >= 15 is 0 Å². The van der Waals surface area contributed by atoms with E-state index in [1.54, 1.807) is 13.8 Å². The van der Waals surface area contributed by atoms with Crippen LogP contribution < -0.4 is 11.1 Å². The fraction of sp³-hybridized carbons (Fsp3) is 0.409. The summed E-state index contributed by atoms with van der Waals surface area (Å²) in [6, 6.07) is 29.4. The number of halogens is 1. The van der Waals surface area contributed by atoms with Crippen LogP contribution in [-0.4, -0.2) is 48.9 Å². The number of nitrogens with one attached hydrogen (secondary N) is 1. The topological polar surface area (TPSA) is 84.7 Å². The molecule has 0 atom stereocenters. The summed E-state index contributed by atoms with van der Waals surface area (Å²) in [5, 5.41) is 2.69. The largest absolute Gasteiger partial charge is 0.399 e. The first kappa shape index (κ1) is 41.5. The number of ether oxygens (including phenoxy) is 1. The summed E-state index contributed by atoms with van der Waals surface area (Å²) in [7, 11) is 0. The molecule has 0 bridgehead atoms. The number of hydrogen-bond acceptors (Lipinski definition) is 5. The van der Waals surface area contributed by atoms with Gasteiger partial charge in [-0.25, -0.2) is 0 Å². The molecule has 2 aliphatic carbocycles. The summed E-state index contributed by atoms with van der Waals surface area (Å²) in [4.78, 5) is 24.0. The van der Waals surface area contributed by atoms with Crippen LogP contribution in [0.4, 0.5) is 11.4 Å². The Hall–Kier alpha value is -3.97. The van der Waals surface area contributed by atoms with Crippen LogP contribution in [0.2, 0.25) is 0 Å². The molecule has 1 saturated heterocycles. The number of carbonyl (C=O) groups excluding carboxylic acids is 2. The molecule has 7 rings (SSSR count). The summed E-state index contributed by atoms with van der Waals surface area (Å²) >= 11 is 4.97. The average molecular weight is 712 g/mol. The van der Waals surface area contributed by atoms with Crippen molar-refractivity contribution < 1.29 is 14.3 Å². The van der Waals surface area contributed by atoms with Crippen molar-refractivity contribution in [3.8, 4) is 22.3 Å². The second-order valence-corrected chi connectivity index (χ2v) is 13.9. The Morgan fingerprint density at radius 1 is 0.686 bits per heavy atom. The van der Waals surface area contributed by atoms with Gasteiger partial charge in [0.2, 0.25) is 11.1 Å². The number of carbonyl (C=O) groups is 2. The van der Waals surface area contributed by atoms with Crippen molar-refractivity contribution in [1.29, 1.82) is 0 Å². The van der Waals surface area contributed by atoms with Gasteiger partial charge in [0.05, 0.1) is 0 Å². The lowest BCUT2D eigenvalue weighted by Crippen LogP contribution is -2.21. The molecule has 4 aromatic rings. The zero-order valence-corrected chi connectivity index (χ0v) is 32.5. The van der Waals surface area contributed by atoms with Gasteiger partial charge in [0.25, 0.3) is 0 Å². The van der Waals surface area contributed by atoms with E-state index in [1.165, 1.54) is 77.0 Å². The molecule has 1 fully saturated rings. The number of nitrogens with two attached hydrogens (primary N) is 1. The fourth-order valence-electron chi connectivity index (χ4n) is 5.86. The molecule has 3 N–H and O–H groups in total. The average Bonchev–Trinajstić information content (AvgIpc) is 3.89. The molecule has 6 nitrogen and oxygen atoms in total. The van der Waals surface area contributed by atoms with Gasteiger partial charge in [0.15, 0.2) is 0 Å². The summed E-state index contributed by atoms with van der Waals surface area (Å²) < 4.78 is 4.94. The van der Waals surface area contributed by atoms with Crippen molar-refractivity contribution in [3.05, 3.63) is 107 Å². The molecular weight excluding hydrogens is 654 g/mol. The van der Waals surface area contributed by atoms with Crippen LogP contribution in [0.3, 0.4) is 0 Å². The van der Waals surface area contributed by atoms with Gasteiger partial charge in [-0.1, -0.05) is 109 Å². The Kier molecular flexibility index (Phi) is 17.4. The third-order valence-corrected chi connectivity index (χ3v) is 9.46. The Morgan fingerprint density at radius 2 is 1.14 bits per heavy atom. The maximum Gasteiger partial charge on any atom is 0.226 e. The quantitative estimate of drug-likeness (QED) is 0.133. The molecule has 3 aliphatic rings. The second kappa shape index (κ2) is 21.4. The highest BCUT2D eigenvalue weighted by Crippen LogP contribution is 2.38. The van der Waals surface area contributed by atoms with Crippen LogP contribution in [0, 0.1) is 11.8 Å². The minimum Gasteiger partial charge on any atom is -0.399 e. The number of rotatable bonds is 6. The van der Waals surface area contributed by atoms with Crippen LogP contribution >= 0.6 is 11.6 Å². The summed E-state index contributed by atoms with van der Waals surface area (Å²) in [6.07, 6.45) is 4.54. The minimum absolute atomic E-state index is 0.00505. The van der Waals surface area contributed by atoms with E-state index in [9.17, 15) is 9.59 Å². The van der Waals surface area contributed by atoms with E-state index in [4.69, 9.17) is 22.1 Å². The normalized spacial score (nSPS) is 12.8. The van der Waals surface area contributed by atoms with E-state index in [0.717, 1.165) is 37.4 Å². The molecule has 0 unspecified atom stereocenters. The fourth-order valence-corrected chi connectivity index (χ4v) is 5.86. The summed E-state index contributed by atoms with van der Waals surface area (Å²) in [5.41, 5.74) is 18.3. The lowest BCUT2D eigenvalue weighted by molar-refractivity contribution is -0.119. The first-order chi connectivity index (χ1) is 24.5. The van der Waals surface area contributed by atoms with E-state index in [0.29, 0.717) is 0 Å². The lowest BCUT2D eigenvalue weighted by atomic mass is 10.1. The van der Waals surface area contributed by atoms with Crippen LogP contribution in [-0.2, 0) is 27.2 Å². The number of nitrogens with zero attached hydrogens (tertiary/aromatic N) is 1. The Bertz CT molecular complexity index is 1680. The molecule has 0 radical (unpaired) electrons. The zero-order valence-electron chi connectivity index (χ0n) is 31.7. The van der Waals surface area contributed by atoms with Gasteiger partial charge in [-0.2, -0.15) is 0 Å². The number of hydrogen-bond donors (Lipinski definition) is 2. The van der Waals surface area contributed by atoms with Crippen LogP contribution in [0.5, 0.6) is 0 Å². The van der Waals surface area contributed by atoms with E-state index in [1.807, 2.05) is 26.0 Å². The standard InChI is InChI=1S/C17H17NO.C13H11N.C6H15N.C4H7ClO.C4H8O/c1-11(2)17(19)18-14-7-8-16-13(10-14)9-12-5-3-4-6-15(12)16;14-11-5-6-13-10(8-11)7-9-3-1-2-4-12(9)13;1-4-7(5-2)6-3;1-3(2)4(5)6;1-2-4-5-3-1/h3-8,10-11H,9H2,1-2H3,(H,18,19);1-6,8H,7,14H2;4-6H2,1-3H3;3H,1-2H3;1-4H2. The number of fused-ring (bicyclic) bond motifs is 6. The van der Waals surface area contributed by atoms with Gasteiger partial charge < -0.3 is 20.7 Å². The van der Waals surface area contributed by atoms with Crippen LogP contribution in [0.15, 0.2) is 84.9 Å². The first-order valence-electron chi connectivity index (χ1n) is 18.5. The number of nitrogen functional groups attached to an aromatic ring is 1. The monoisotopic (exact) mass is 711 g/mol. The first-order valence-corrected chi connectivity index (χ1v) is 18.8. The molecule has 1 aliphatic heterocycles. The molecule has 51 heavy (non-hydrogen) atoms. The highest BCUT2D eigenvalue weighted by atomic mass is 35.5. The molecule has 7 heteroatoms. The second-order valence-electron chi connectivity index (χ2n) is 13.5. The van der Waals surface area contributed by atoms with Gasteiger partial charge in [-0.3, -0.25) is 9.59 Å². The molecule has 0 saturated carbocycles. The highest BCUT2D eigenvalue weighted by Gasteiger charge is 2.19. The highest BCUT2D eigenvalue weighted by molar-refractivity contribution is 6.63. The summed E-state index contributed by atoms with van der Waals surface area (Å²) in [6.45, 7) is 19.4. The number of amides is 1. The van der Waals surface area contributed by atoms with E-state index in [2.05, 4.69) is 104 Å².